The highest BCUT2D eigenvalue weighted by Gasteiger charge is 2.28. The van der Waals surface area contributed by atoms with Crippen LogP contribution in [0.3, 0.4) is 0 Å². The third-order valence-corrected chi connectivity index (χ3v) is 10.1. The summed E-state index contributed by atoms with van der Waals surface area (Å²) in [6.45, 7) is 2.89. The molecule has 5 rings (SSSR count). The minimum absolute atomic E-state index is 0.230. The fraction of sp³-hybridized carbons (Fsp3) is 0.222. The number of piperazine rings is 1. The number of hydrogen-bond acceptors (Lipinski definition) is 8. The summed E-state index contributed by atoms with van der Waals surface area (Å²) in [7, 11) is -3.46. The molecule has 0 aliphatic carbocycles. The minimum atomic E-state index is -3.46. The molecule has 0 atom stereocenters. The summed E-state index contributed by atoms with van der Waals surface area (Å²) >= 11 is 2.95. The van der Waals surface area contributed by atoms with Crippen LogP contribution in [-0.4, -0.2) is 59.9 Å². The van der Waals surface area contributed by atoms with E-state index in [4.69, 9.17) is 0 Å². The van der Waals surface area contributed by atoms with E-state index in [9.17, 15) is 13.2 Å². The number of carbonyl (C=O) groups excluding carboxylic acids is 1. The van der Waals surface area contributed by atoms with Gasteiger partial charge in [-0.3, -0.25) is 15.0 Å². The van der Waals surface area contributed by atoms with E-state index in [2.05, 4.69) is 32.5 Å². The summed E-state index contributed by atoms with van der Waals surface area (Å²) in [5, 5.41) is 11.6. The number of hydrogen-bond donors (Lipinski definition) is 1. The molecule has 0 spiro atoms. The number of nitrogens with one attached hydrogen (secondary N) is 1. The van der Waals surface area contributed by atoms with Gasteiger partial charge in [0, 0.05) is 44.0 Å². The van der Waals surface area contributed by atoms with Gasteiger partial charge in [0.1, 0.15) is 0 Å². The molecule has 0 saturated carbocycles. The van der Waals surface area contributed by atoms with Crippen LogP contribution >= 0.6 is 23.1 Å². The summed E-state index contributed by atoms with van der Waals surface area (Å²) < 4.78 is 28.0. The van der Waals surface area contributed by atoms with E-state index in [1.807, 2.05) is 36.4 Å². The summed E-state index contributed by atoms with van der Waals surface area (Å²) in [6.07, 6.45) is 0. The van der Waals surface area contributed by atoms with E-state index in [0.717, 1.165) is 15.7 Å². The molecule has 1 N–H and O–H groups in total. The second-order valence-corrected chi connectivity index (χ2v) is 12.9. The second-order valence-electron chi connectivity index (χ2n) is 8.79. The number of rotatable bonds is 9. The lowest BCUT2D eigenvalue weighted by Crippen LogP contribution is -2.48. The van der Waals surface area contributed by atoms with Gasteiger partial charge in [0.05, 0.1) is 4.90 Å². The molecular formula is C27H27N5O3S3. The zero-order valence-corrected chi connectivity index (χ0v) is 23.0. The van der Waals surface area contributed by atoms with Crippen LogP contribution in [0.15, 0.2) is 94.2 Å². The average molecular weight is 566 g/mol. The summed E-state index contributed by atoms with van der Waals surface area (Å²) in [5.41, 5.74) is 2.81. The van der Waals surface area contributed by atoms with E-state index in [1.165, 1.54) is 16.9 Å². The Morgan fingerprint density at radius 2 is 1.50 bits per heavy atom. The Balaban J connectivity index is 1.10. The maximum atomic E-state index is 12.8. The van der Waals surface area contributed by atoms with Gasteiger partial charge in [-0.15, -0.1) is 10.2 Å². The first kappa shape index (κ1) is 26.5. The Kier molecular flexibility index (Phi) is 8.50. The zero-order chi connectivity index (χ0) is 26.4. The van der Waals surface area contributed by atoms with Crippen molar-refractivity contribution in [1.82, 2.24) is 19.4 Å². The first-order valence-corrected chi connectivity index (χ1v) is 15.4. The third-order valence-electron chi connectivity index (χ3n) is 6.17. The number of aromatic nitrogens is 2. The summed E-state index contributed by atoms with van der Waals surface area (Å²) in [6, 6.07) is 26.2. The maximum absolute atomic E-state index is 12.8. The highest BCUT2D eigenvalue weighted by Crippen LogP contribution is 2.28. The van der Waals surface area contributed by atoms with Gasteiger partial charge in [-0.05, 0) is 35.4 Å². The van der Waals surface area contributed by atoms with E-state index in [1.54, 1.807) is 52.5 Å². The number of sulfonamides is 1. The van der Waals surface area contributed by atoms with Crippen molar-refractivity contribution >= 4 is 44.2 Å². The van der Waals surface area contributed by atoms with E-state index < -0.39 is 10.0 Å². The quantitative estimate of drug-likeness (QED) is 0.234. The lowest BCUT2D eigenvalue weighted by Gasteiger charge is -2.34. The number of thioether (sulfide) groups is 1. The second kappa shape index (κ2) is 12.2. The lowest BCUT2D eigenvalue weighted by atomic mass is 10.1. The van der Waals surface area contributed by atoms with Crippen molar-refractivity contribution in [2.24, 2.45) is 0 Å². The topological polar surface area (TPSA) is 95.5 Å². The highest BCUT2D eigenvalue weighted by atomic mass is 32.2. The SMILES string of the molecule is O=C(Nc1nnc(SCc2ccccc2)s1)c1ccc(CN2CCN(S(=O)(=O)c3ccccc3)CC2)cc1. The van der Waals surface area contributed by atoms with Gasteiger partial charge in [-0.2, -0.15) is 4.31 Å². The number of amides is 1. The monoisotopic (exact) mass is 565 g/mol. The van der Waals surface area contributed by atoms with Crippen molar-refractivity contribution in [3.63, 3.8) is 0 Å². The molecule has 4 aromatic rings. The smallest absolute Gasteiger partial charge is 0.257 e. The first-order chi connectivity index (χ1) is 18.5. The van der Waals surface area contributed by atoms with Gasteiger partial charge in [0.25, 0.3) is 5.91 Å². The number of anilines is 1. The van der Waals surface area contributed by atoms with Crippen molar-refractivity contribution in [3.8, 4) is 0 Å². The van der Waals surface area contributed by atoms with Crippen LogP contribution in [0, 0.1) is 0 Å². The van der Waals surface area contributed by atoms with Crippen LogP contribution in [0.5, 0.6) is 0 Å². The predicted octanol–water partition coefficient (Wildman–Crippen LogP) is 4.59. The van der Waals surface area contributed by atoms with Crippen molar-refractivity contribution in [3.05, 3.63) is 102 Å². The molecule has 0 unspecified atom stereocenters. The van der Waals surface area contributed by atoms with Gasteiger partial charge in [-0.1, -0.05) is 83.8 Å². The molecule has 1 amide bonds. The van der Waals surface area contributed by atoms with Crippen LogP contribution in [0.25, 0.3) is 0 Å². The molecule has 1 saturated heterocycles. The highest BCUT2D eigenvalue weighted by molar-refractivity contribution is 8.00. The molecule has 2 heterocycles. The normalized spacial score (nSPS) is 14.8. The van der Waals surface area contributed by atoms with Crippen LogP contribution < -0.4 is 5.32 Å². The molecular weight excluding hydrogens is 539 g/mol. The van der Waals surface area contributed by atoms with E-state index in [0.29, 0.717) is 48.3 Å². The molecule has 38 heavy (non-hydrogen) atoms. The fourth-order valence-corrected chi connectivity index (χ4v) is 7.24. The predicted molar refractivity (Wildman–Crippen MR) is 151 cm³/mol. The minimum Gasteiger partial charge on any atom is -0.296 e. The summed E-state index contributed by atoms with van der Waals surface area (Å²) in [5.74, 6) is 0.565. The number of carbonyl (C=O) groups is 1. The molecule has 8 nitrogen and oxygen atoms in total. The van der Waals surface area contributed by atoms with Crippen LogP contribution in [0.2, 0.25) is 0 Å². The molecule has 1 aliphatic rings. The Labute approximate surface area is 230 Å². The Bertz CT molecular complexity index is 1450. The Morgan fingerprint density at radius 3 is 2.18 bits per heavy atom. The fourth-order valence-electron chi connectivity index (χ4n) is 4.10. The van der Waals surface area contributed by atoms with Crippen molar-refractivity contribution in [1.29, 1.82) is 0 Å². The molecule has 0 radical (unpaired) electrons. The lowest BCUT2D eigenvalue weighted by molar-refractivity contribution is 0.102. The van der Waals surface area contributed by atoms with E-state index >= 15 is 0 Å². The molecule has 1 aromatic heterocycles. The van der Waals surface area contributed by atoms with Crippen LogP contribution in [0.4, 0.5) is 5.13 Å². The first-order valence-electron chi connectivity index (χ1n) is 12.2. The largest absolute Gasteiger partial charge is 0.296 e. The van der Waals surface area contributed by atoms with Crippen molar-refractivity contribution in [2.75, 3.05) is 31.5 Å². The molecule has 1 fully saturated rings. The molecule has 3 aromatic carbocycles. The number of benzene rings is 3. The number of nitrogens with zero attached hydrogens (tertiary/aromatic N) is 4. The van der Waals surface area contributed by atoms with Crippen LogP contribution in [0.1, 0.15) is 21.5 Å². The van der Waals surface area contributed by atoms with Gasteiger partial charge in [0.2, 0.25) is 15.2 Å². The molecule has 1 aliphatic heterocycles. The van der Waals surface area contributed by atoms with Gasteiger partial charge in [-0.25, -0.2) is 8.42 Å². The standard InChI is InChI=1S/C27H27N5O3S3/c33-25(28-26-29-30-27(37-26)36-20-22-7-3-1-4-8-22)23-13-11-21(12-14-23)19-31-15-17-32(18-16-31)38(34,35)24-9-5-2-6-10-24/h1-14H,15-20H2,(H,28,29,33). The van der Waals surface area contributed by atoms with Crippen molar-refractivity contribution in [2.45, 2.75) is 21.5 Å². The van der Waals surface area contributed by atoms with Gasteiger partial charge >= 0.3 is 0 Å². The van der Waals surface area contributed by atoms with E-state index in [-0.39, 0.29) is 5.91 Å². The molecule has 196 valence electrons. The maximum Gasteiger partial charge on any atom is 0.257 e. The summed E-state index contributed by atoms with van der Waals surface area (Å²) in [4.78, 5) is 15.3. The Hall–Kier alpha value is -3.09. The average Bonchev–Trinajstić information content (AvgIpc) is 3.41. The molecule has 0 bridgehead atoms. The zero-order valence-electron chi connectivity index (χ0n) is 20.6. The third kappa shape index (κ3) is 6.66. The van der Waals surface area contributed by atoms with Gasteiger partial charge < -0.3 is 0 Å². The van der Waals surface area contributed by atoms with Crippen molar-refractivity contribution < 1.29 is 13.2 Å². The van der Waals surface area contributed by atoms with Crippen LogP contribution in [-0.2, 0) is 22.3 Å². The van der Waals surface area contributed by atoms with Gasteiger partial charge in [0.15, 0.2) is 4.34 Å². The Morgan fingerprint density at radius 1 is 0.842 bits per heavy atom. The molecule has 11 heteroatoms.